The van der Waals surface area contributed by atoms with Crippen LogP contribution in [-0.2, 0) is 4.74 Å². The van der Waals surface area contributed by atoms with Crippen molar-refractivity contribution in [1.82, 2.24) is 5.32 Å². The van der Waals surface area contributed by atoms with Crippen LogP contribution in [0.2, 0.25) is 0 Å². The van der Waals surface area contributed by atoms with Gasteiger partial charge in [0.1, 0.15) is 0 Å². The molecule has 0 rings (SSSR count). The fraction of sp³-hybridized carbons (Fsp3) is 0.929. The third-order valence-electron chi connectivity index (χ3n) is 2.85. The summed E-state index contributed by atoms with van der Waals surface area (Å²) in [4.78, 5) is 4.31. The Balaban J connectivity index is 0. The number of rotatable bonds is 11. The van der Waals surface area contributed by atoms with Gasteiger partial charge in [-0.2, -0.15) is 0 Å². The highest BCUT2D eigenvalue weighted by atomic mass is 127. The molecule has 0 aliphatic heterocycles. The minimum atomic E-state index is 0. The van der Waals surface area contributed by atoms with Crippen molar-refractivity contribution in [2.75, 3.05) is 20.3 Å². The van der Waals surface area contributed by atoms with E-state index in [1.54, 1.807) is 7.11 Å². The lowest BCUT2D eigenvalue weighted by Crippen LogP contribution is -2.40. The number of hydrogen-bond donors (Lipinski definition) is 2. The number of nitrogens with one attached hydrogen (secondary N) is 1. The number of nitrogens with zero attached hydrogens (tertiary/aromatic N) is 1. The second-order valence-electron chi connectivity index (χ2n) is 4.89. The van der Waals surface area contributed by atoms with Gasteiger partial charge in [0.25, 0.3) is 0 Å². The first-order valence-electron chi connectivity index (χ1n) is 7.26. The SMILES string of the molecule is CCCCCCCCCN=C(N)NC(C)COC.I. The monoisotopic (exact) mass is 385 g/mol. The van der Waals surface area contributed by atoms with E-state index in [0.29, 0.717) is 12.6 Å². The summed E-state index contributed by atoms with van der Waals surface area (Å²) in [5, 5.41) is 3.10. The van der Waals surface area contributed by atoms with E-state index in [0.717, 1.165) is 13.0 Å². The molecule has 1 atom stereocenters. The maximum atomic E-state index is 5.77. The van der Waals surface area contributed by atoms with Gasteiger partial charge in [-0.1, -0.05) is 45.4 Å². The number of nitrogens with two attached hydrogens (primary N) is 1. The lowest BCUT2D eigenvalue weighted by Gasteiger charge is -2.12. The summed E-state index contributed by atoms with van der Waals surface area (Å²) in [5.74, 6) is 0.533. The Morgan fingerprint density at radius 3 is 2.32 bits per heavy atom. The average molecular weight is 385 g/mol. The van der Waals surface area contributed by atoms with E-state index in [2.05, 4.69) is 17.2 Å². The minimum Gasteiger partial charge on any atom is -0.383 e. The Bertz CT molecular complexity index is 213. The van der Waals surface area contributed by atoms with Crippen molar-refractivity contribution in [2.45, 2.75) is 64.8 Å². The van der Waals surface area contributed by atoms with Gasteiger partial charge in [0.15, 0.2) is 5.96 Å². The van der Waals surface area contributed by atoms with Crippen molar-refractivity contribution in [1.29, 1.82) is 0 Å². The fourth-order valence-electron chi connectivity index (χ4n) is 1.86. The zero-order chi connectivity index (χ0) is 13.6. The van der Waals surface area contributed by atoms with Crippen LogP contribution in [0.3, 0.4) is 0 Å². The highest BCUT2D eigenvalue weighted by molar-refractivity contribution is 14.0. The normalized spacial score (nSPS) is 12.9. The summed E-state index contributed by atoms with van der Waals surface area (Å²) in [6.45, 7) is 5.74. The van der Waals surface area contributed by atoms with Gasteiger partial charge in [-0.25, -0.2) is 0 Å². The molecule has 0 aromatic heterocycles. The minimum absolute atomic E-state index is 0. The molecule has 0 fully saturated rings. The van der Waals surface area contributed by atoms with E-state index in [4.69, 9.17) is 10.5 Å². The number of guanidine groups is 1. The van der Waals surface area contributed by atoms with Gasteiger partial charge in [-0.05, 0) is 13.3 Å². The highest BCUT2D eigenvalue weighted by Gasteiger charge is 2.00. The van der Waals surface area contributed by atoms with Crippen LogP contribution in [0.15, 0.2) is 4.99 Å². The quantitative estimate of drug-likeness (QED) is 0.248. The van der Waals surface area contributed by atoms with E-state index in [1.807, 2.05) is 6.92 Å². The van der Waals surface area contributed by atoms with Crippen LogP contribution in [-0.4, -0.2) is 32.3 Å². The molecule has 0 bridgehead atoms. The summed E-state index contributed by atoms with van der Waals surface area (Å²) in [6, 6.07) is 0.216. The van der Waals surface area contributed by atoms with Crippen molar-refractivity contribution >= 4 is 29.9 Å². The average Bonchev–Trinajstić information content (AvgIpc) is 2.32. The molecule has 0 heterocycles. The molecule has 0 aliphatic carbocycles. The second kappa shape index (κ2) is 16.0. The van der Waals surface area contributed by atoms with Gasteiger partial charge >= 0.3 is 0 Å². The van der Waals surface area contributed by atoms with Crippen LogP contribution in [0.25, 0.3) is 0 Å². The van der Waals surface area contributed by atoms with E-state index < -0.39 is 0 Å². The van der Waals surface area contributed by atoms with Crippen molar-refractivity contribution < 1.29 is 4.74 Å². The second-order valence-corrected chi connectivity index (χ2v) is 4.89. The molecule has 1 unspecified atom stereocenters. The molecule has 116 valence electrons. The molecule has 0 aromatic carbocycles. The molecule has 3 N–H and O–H groups in total. The fourth-order valence-corrected chi connectivity index (χ4v) is 1.86. The van der Waals surface area contributed by atoms with E-state index in [1.165, 1.54) is 38.5 Å². The number of hydrogen-bond acceptors (Lipinski definition) is 2. The molecule has 0 saturated heterocycles. The molecule has 0 spiro atoms. The van der Waals surface area contributed by atoms with Crippen LogP contribution in [0.5, 0.6) is 0 Å². The molecule has 5 heteroatoms. The summed E-state index contributed by atoms with van der Waals surface area (Å²) in [7, 11) is 1.68. The summed E-state index contributed by atoms with van der Waals surface area (Å²) < 4.78 is 5.02. The Hall–Kier alpha value is -0.0400. The first-order valence-corrected chi connectivity index (χ1v) is 7.26. The van der Waals surface area contributed by atoms with Crippen LogP contribution < -0.4 is 11.1 Å². The standard InChI is InChI=1S/C14H31N3O.HI/c1-4-5-6-7-8-9-10-11-16-14(15)17-13(2)12-18-3;/h13H,4-12H2,1-3H3,(H3,15,16,17);1H. The van der Waals surface area contributed by atoms with E-state index in [9.17, 15) is 0 Å². The van der Waals surface area contributed by atoms with Crippen LogP contribution in [0, 0.1) is 0 Å². The molecular formula is C14H32IN3O. The molecule has 4 nitrogen and oxygen atoms in total. The Labute approximate surface area is 136 Å². The number of aliphatic imine (C=N–C) groups is 1. The first kappa shape index (κ1) is 21.3. The lowest BCUT2D eigenvalue weighted by atomic mass is 10.1. The largest absolute Gasteiger partial charge is 0.383 e. The predicted octanol–water partition coefficient (Wildman–Crippen LogP) is 3.29. The molecule has 0 aliphatic rings. The van der Waals surface area contributed by atoms with E-state index >= 15 is 0 Å². The molecule has 19 heavy (non-hydrogen) atoms. The number of ether oxygens (including phenoxy) is 1. The van der Waals surface area contributed by atoms with Crippen molar-refractivity contribution in [3.63, 3.8) is 0 Å². The Morgan fingerprint density at radius 1 is 1.16 bits per heavy atom. The molecule has 0 amide bonds. The van der Waals surface area contributed by atoms with Crippen molar-refractivity contribution in [3.05, 3.63) is 0 Å². The van der Waals surface area contributed by atoms with E-state index in [-0.39, 0.29) is 30.0 Å². The van der Waals surface area contributed by atoms with Gasteiger partial charge < -0.3 is 15.8 Å². The maximum absolute atomic E-state index is 5.77. The van der Waals surface area contributed by atoms with Crippen LogP contribution >= 0.6 is 24.0 Å². The zero-order valence-electron chi connectivity index (χ0n) is 12.8. The van der Waals surface area contributed by atoms with Crippen molar-refractivity contribution in [3.8, 4) is 0 Å². The summed E-state index contributed by atoms with van der Waals surface area (Å²) >= 11 is 0. The van der Waals surface area contributed by atoms with Gasteiger partial charge in [-0.3, -0.25) is 4.99 Å². The predicted molar refractivity (Wildman–Crippen MR) is 94.4 cm³/mol. The number of halogens is 1. The Morgan fingerprint density at radius 2 is 1.74 bits per heavy atom. The lowest BCUT2D eigenvalue weighted by molar-refractivity contribution is 0.179. The number of methoxy groups -OCH3 is 1. The Kier molecular flexibility index (Phi) is 17.9. The third-order valence-corrected chi connectivity index (χ3v) is 2.85. The number of unbranched alkanes of at least 4 members (excludes halogenated alkanes) is 6. The summed E-state index contributed by atoms with van der Waals surface area (Å²) in [6.07, 6.45) is 9.12. The topological polar surface area (TPSA) is 59.6 Å². The van der Waals surface area contributed by atoms with Crippen LogP contribution in [0.4, 0.5) is 0 Å². The maximum Gasteiger partial charge on any atom is 0.188 e. The van der Waals surface area contributed by atoms with Crippen molar-refractivity contribution in [2.24, 2.45) is 10.7 Å². The summed E-state index contributed by atoms with van der Waals surface area (Å²) in [5.41, 5.74) is 5.77. The van der Waals surface area contributed by atoms with Crippen LogP contribution in [0.1, 0.15) is 58.8 Å². The molecule has 0 radical (unpaired) electrons. The highest BCUT2D eigenvalue weighted by Crippen LogP contribution is 2.06. The van der Waals surface area contributed by atoms with Gasteiger partial charge in [0, 0.05) is 19.7 Å². The third kappa shape index (κ3) is 15.9. The molecular weight excluding hydrogens is 353 g/mol. The smallest absolute Gasteiger partial charge is 0.188 e. The molecule has 0 saturated carbocycles. The molecule has 0 aromatic rings. The van der Waals surface area contributed by atoms with Gasteiger partial charge in [-0.15, -0.1) is 24.0 Å². The first-order chi connectivity index (χ1) is 8.70. The zero-order valence-corrected chi connectivity index (χ0v) is 15.1. The van der Waals surface area contributed by atoms with Gasteiger partial charge in [0.2, 0.25) is 0 Å². The van der Waals surface area contributed by atoms with Gasteiger partial charge in [0.05, 0.1) is 6.61 Å².